The number of ether oxygens (including phenoxy) is 2. The molecule has 0 aliphatic carbocycles. The summed E-state index contributed by atoms with van der Waals surface area (Å²) in [6.07, 6.45) is 4.40. The van der Waals surface area contributed by atoms with Crippen molar-refractivity contribution in [3.8, 4) is 11.6 Å². The van der Waals surface area contributed by atoms with Crippen LogP contribution in [0.1, 0.15) is 18.4 Å². The van der Waals surface area contributed by atoms with Gasteiger partial charge in [0.2, 0.25) is 11.8 Å². The van der Waals surface area contributed by atoms with E-state index in [4.69, 9.17) is 9.47 Å². The van der Waals surface area contributed by atoms with Gasteiger partial charge in [0.15, 0.2) is 0 Å². The van der Waals surface area contributed by atoms with Crippen LogP contribution in [0, 0.1) is 5.92 Å². The first-order valence-corrected chi connectivity index (χ1v) is 10.6. The molecule has 1 N–H and O–H groups in total. The Bertz CT molecular complexity index is 1030. The highest BCUT2D eigenvalue weighted by Crippen LogP contribution is 2.25. The Labute approximate surface area is 182 Å². The number of likely N-dealkylation sites (tertiary alicyclic amines) is 1. The van der Waals surface area contributed by atoms with Crippen LogP contribution in [0.5, 0.6) is 11.6 Å². The fraction of sp³-hybridized carbons (Fsp3) is 0.375. The van der Waals surface area contributed by atoms with E-state index in [0.717, 1.165) is 50.2 Å². The number of hydrogen-bond donors (Lipinski definition) is 1. The summed E-state index contributed by atoms with van der Waals surface area (Å²) in [7, 11) is 3.25. The van der Waals surface area contributed by atoms with E-state index in [-0.39, 0.29) is 11.8 Å². The van der Waals surface area contributed by atoms with Gasteiger partial charge < -0.3 is 19.7 Å². The van der Waals surface area contributed by atoms with E-state index in [0.29, 0.717) is 17.1 Å². The van der Waals surface area contributed by atoms with Crippen molar-refractivity contribution in [2.75, 3.05) is 39.2 Å². The molecule has 1 saturated heterocycles. The van der Waals surface area contributed by atoms with Crippen molar-refractivity contribution in [2.45, 2.75) is 19.3 Å². The van der Waals surface area contributed by atoms with Gasteiger partial charge in [-0.2, -0.15) is 0 Å². The maximum Gasteiger partial charge on any atom is 0.227 e. The summed E-state index contributed by atoms with van der Waals surface area (Å²) in [5, 5.41) is 3.06. The molecular weight excluding hydrogens is 392 g/mol. The number of amides is 1. The zero-order chi connectivity index (χ0) is 21.6. The Morgan fingerprint density at radius 3 is 2.55 bits per heavy atom. The van der Waals surface area contributed by atoms with E-state index in [9.17, 15) is 4.79 Å². The lowest BCUT2D eigenvalue weighted by atomic mass is 9.95. The first-order valence-electron chi connectivity index (χ1n) is 10.6. The van der Waals surface area contributed by atoms with Crippen molar-refractivity contribution in [1.29, 1.82) is 0 Å². The highest BCUT2D eigenvalue weighted by atomic mass is 16.5. The van der Waals surface area contributed by atoms with Gasteiger partial charge in [-0.25, -0.2) is 4.98 Å². The third-order valence-electron chi connectivity index (χ3n) is 5.86. The fourth-order valence-electron chi connectivity index (χ4n) is 3.95. The van der Waals surface area contributed by atoms with Gasteiger partial charge in [0.05, 0.1) is 25.4 Å². The van der Waals surface area contributed by atoms with Gasteiger partial charge in [-0.15, -0.1) is 0 Å². The highest BCUT2D eigenvalue weighted by molar-refractivity contribution is 6.00. The lowest BCUT2D eigenvalue weighted by molar-refractivity contribution is -0.121. The molecule has 1 fully saturated rings. The summed E-state index contributed by atoms with van der Waals surface area (Å²) in [6.45, 7) is 2.86. The molecule has 0 radical (unpaired) electrons. The number of anilines is 1. The minimum absolute atomic E-state index is 0.00561. The smallest absolute Gasteiger partial charge is 0.227 e. The molecule has 7 heteroatoms. The second-order valence-corrected chi connectivity index (χ2v) is 7.78. The van der Waals surface area contributed by atoms with Crippen molar-refractivity contribution in [1.82, 2.24) is 14.9 Å². The molecule has 0 spiro atoms. The van der Waals surface area contributed by atoms with E-state index in [1.807, 2.05) is 18.2 Å². The minimum atomic E-state index is 0.00561. The van der Waals surface area contributed by atoms with E-state index >= 15 is 0 Å². The molecule has 2 aromatic heterocycles. The first kappa shape index (κ1) is 21.1. The quantitative estimate of drug-likeness (QED) is 0.630. The van der Waals surface area contributed by atoms with Crippen LogP contribution in [-0.2, 0) is 11.2 Å². The number of carbonyl (C=O) groups is 1. The maximum absolute atomic E-state index is 12.9. The van der Waals surface area contributed by atoms with Gasteiger partial charge in [-0.3, -0.25) is 9.78 Å². The molecular formula is C24H28N4O3. The van der Waals surface area contributed by atoms with Crippen LogP contribution in [0.2, 0.25) is 0 Å². The lowest BCUT2D eigenvalue weighted by Crippen LogP contribution is -2.39. The third-order valence-corrected chi connectivity index (χ3v) is 5.86. The number of carbonyl (C=O) groups excluding carboxylic acids is 1. The standard InChI is InChI=1S/C24H28N4O3/c1-30-19-5-3-17(4-6-19)10-14-28-15-11-18(12-16-28)24(29)26-21-9-13-25-20-7-8-22(31-2)27-23(20)21/h3-9,13,18H,10-12,14-16H2,1-2H3,(H,25,26,29). The SMILES string of the molecule is COc1ccc(CCN2CCC(C(=O)Nc3ccnc4ccc(OC)nc34)CC2)cc1. The molecule has 0 saturated carbocycles. The molecule has 0 atom stereocenters. The first-order chi connectivity index (χ1) is 15.2. The van der Waals surface area contributed by atoms with E-state index in [1.165, 1.54) is 5.56 Å². The zero-order valence-corrected chi connectivity index (χ0v) is 18.0. The Kier molecular flexibility index (Phi) is 6.62. The number of benzene rings is 1. The largest absolute Gasteiger partial charge is 0.497 e. The Morgan fingerprint density at radius 2 is 1.84 bits per heavy atom. The van der Waals surface area contributed by atoms with Crippen molar-refractivity contribution < 1.29 is 14.3 Å². The number of pyridine rings is 2. The van der Waals surface area contributed by atoms with E-state index in [2.05, 4.69) is 32.3 Å². The normalized spacial score (nSPS) is 15.0. The average molecular weight is 421 g/mol. The maximum atomic E-state index is 12.9. The van der Waals surface area contributed by atoms with Gasteiger partial charge in [-0.1, -0.05) is 12.1 Å². The predicted octanol–water partition coefficient (Wildman–Crippen LogP) is 3.54. The molecule has 0 unspecified atom stereocenters. The van der Waals surface area contributed by atoms with Crippen LogP contribution in [0.4, 0.5) is 5.69 Å². The van der Waals surface area contributed by atoms with E-state index in [1.54, 1.807) is 32.5 Å². The van der Waals surface area contributed by atoms with Crippen LogP contribution in [0.3, 0.4) is 0 Å². The van der Waals surface area contributed by atoms with Crippen molar-refractivity contribution in [3.63, 3.8) is 0 Å². The number of methoxy groups -OCH3 is 2. The number of hydrogen-bond acceptors (Lipinski definition) is 6. The van der Waals surface area contributed by atoms with Crippen molar-refractivity contribution >= 4 is 22.6 Å². The van der Waals surface area contributed by atoms with Gasteiger partial charge in [0.1, 0.15) is 11.3 Å². The molecule has 1 aliphatic heterocycles. The number of aromatic nitrogens is 2. The number of rotatable bonds is 7. The van der Waals surface area contributed by atoms with Gasteiger partial charge in [0, 0.05) is 24.7 Å². The molecule has 3 heterocycles. The fourth-order valence-corrected chi connectivity index (χ4v) is 3.95. The topological polar surface area (TPSA) is 76.6 Å². The Morgan fingerprint density at radius 1 is 1.06 bits per heavy atom. The van der Waals surface area contributed by atoms with Crippen molar-refractivity contribution in [3.05, 3.63) is 54.2 Å². The molecule has 0 bridgehead atoms. The predicted molar refractivity (Wildman–Crippen MR) is 121 cm³/mol. The zero-order valence-electron chi connectivity index (χ0n) is 18.0. The van der Waals surface area contributed by atoms with Crippen molar-refractivity contribution in [2.24, 2.45) is 5.92 Å². The molecule has 31 heavy (non-hydrogen) atoms. The van der Waals surface area contributed by atoms with Crippen LogP contribution < -0.4 is 14.8 Å². The van der Waals surface area contributed by atoms with E-state index < -0.39 is 0 Å². The Balaban J connectivity index is 1.31. The van der Waals surface area contributed by atoms with Crippen LogP contribution in [0.25, 0.3) is 11.0 Å². The number of nitrogens with zero attached hydrogens (tertiary/aromatic N) is 3. The highest BCUT2D eigenvalue weighted by Gasteiger charge is 2.25. The van der Waals surface area contributed by atoms with Crippen LogP contribution in [0.15, 0.2) is 48.7 Å². The summed E-state index contributed by atoms with van der Waals surface area (Å²) in [4.78, 5) is 24.1. The summed E-state index contributed by atoms with van der Waals surface area (Å²) in [5.41, 5.74) is 3.35. The number of fused-ring (bicyclic) bond motifs is 1. The van der Waals surface area contributed by atoms with Gasteiger partial charge in [-0.05, 0) is 62.2 Å². The summed E-state index contributed by atoms with van der Waals surface area (Å²) >= 11 is 0. The number of piperidine rings is 1. The Hall–Kier alpha value is -3.19. The minimum Gasteiger partial charge on any atom is -0.497 e. The average Bonchev–Trinajstić information content (AvgIpc) is 2.83. The number of nitrogens with one attached hydrogen (secondary N) is 1. The summed E-state index contributed by atoms with van der Waals surface area (Å²) in [5.74, 6) is 1.44. The second kappa shape index (κ2) is 9.75. The molecule has 1 aromatic carbocycles. The van der Waals surface area contributed by atoms with Gasteiger partial charge >= 0.3 is 0 Å². The van der Waals surface area contributed by atoms with Gasteiger partial charge in [0.25, 0.3) is 0 Å². The molecule has 162 valence electrons. The second-order valence-electron chi connectivity index (χ2n) is 7.78. The van der Waals surface area contributed by atoms with Crippen LogP contribution >= 0.6 is 0 Å². The molecule has 1 aliphatic rings. The molecule has 7 nitrogen and oxygen atoms in total. The monoisotopic (exact) mass is 420 g/mol. The van der Waals surface area contributed by atoms with Crippen LogP contribution in [-0.4, -0.2) is 54.6 Å². The summed E-state index contributed by atoms with van der Waals surface area (Å²) in [6, 6.07) is 13.6. The molecule has 3 aromatic rings. The molecule has 1 amide bonds. The molecule has 4 rings (SSSR count). The summed E-state index contributed by atoms with van der Waals surface area (Å²) < 4.78 is 10.4. The third kappa shape index (κ3) is 5.11. The lowest BCUT2D eigenvalue weighted by Gasteiger charge is -2.31.